The van der Waals surface area contributed by atoms with Gasteiger partial charge in [-0.1, -0.05) is 17.7 Å². The molecule has 0 atom stereocenters. The van der Waals surface area contributed by atoms with Crippen molar-refractivity contribution >= 4 is 38.7 Å². The van der Waals surface area contributed by atoms with Crippen molar-refractivity contribution in [1.82, 2.24) is 9.62 Å². The molecular formula is C24H26ClFN2O6S. The summed E-state index contributed by atoms with van der Waals surface area (Å²) in [6.45, 7) is 6.63. The summed E-state index contributed by atoms with van der Waals surface area (Å²) in [5.41, 5.74) is -0.104. The summed E-state index contributed by atoms with van der Waals surface area (Å²) in [4.78, 5) is 25.4. The first kappa shape index (κ1) is 26.7. The number of rotatable bonds is 5. The maximum Gasteiger partial charge on any atom is 0.414 e. The third-order valence-corrected chi connectivity index (χ3v) is 7.08. The molecule has 0 saturated carbocycles. The highest BCUT2D eigenvalue weighted by Gasteiger charge is 2.26. The largest absolute Gasteiger partial charge is 0.422 e. The number of nitrogens with zero attached hydrogens (tertiary/aromatic N) is 1. The van der Waals surface area contributed by atoms with Crippen LogP contribution in [0, 0.1) is 12.7 Å². The molecule has 1 N–H and O–H groups in total. The van der Waals surface area contributed by atoms with E-state index in [1.807, 2.05) is 0 Å². The number of ether oxygens (including phenoxy) is 1. The molecule has 35 heavy (non-hydrogen) atoms. The first-order valence-corrected chi connectivity index (χ1v) is 12.4. The average molecular weight is 525 g/mol. The molecule has 0 spiro atoms. The van der Waals surface area contributed by atoms with Gasteiger partial charge in [0.2, 0.25) is 10.0 Å². The standard InChI is InChI=1S/C24H26ClFN2O6S/c1-13-15-11-17(25)20(34-23(30)28(5)6)12-19(15)33-22(29)16(13)9-14-7-8-18(26)21(10-14)35(31,32)27-24(2,3)4/h7-8,10-12,27H,9H2,1-6H3. The molecule has 1 heterocycles. The van der Waals surface area contributed by atoms with Gasteiger partial charge in [-0.15, -0.1) is 0 Å². The van der Waals surface area contributed by atoms with Gasteiger partial charge in [0, 0.05) is 43.1 Å². The van der Waals surface area contributed by atoms with E-state index in [-0.39, 0.29) is 28.3 Å². The number of nitrogens with one attached hydrogen (secondary N) is 1. The second kappa shape index (κ2) is 9.60. The molecule has 0 saturated heterocycles. The zero-order valence-electron chi connectivity index (χ0n) is 20.2. The summed E-state index contributed by atoms with van der Waals surface area (Å²) in [5, 5.41) is 0.651. The third kappa shape index (κ3) is 6.01. The molecule has 0 unspecified atom stereocenters. The van der Waals surface area contributed by atoms with Crippen LogP contribution in [0.2, 0.25) is 5.02 Å². The van der Waals surface area contributed by atoms with Gasteiger partial charge in [-0.25, -0.2) is 27.1 Å². The molecule has 1 amide bonds. The van der Waals surface area contributed by atoms with E-state index in [1.54, 1.807) is 27.7 Å². The Balaban J connectivity index is 2.04. The van der Waals surface area contributed by atoms with Gasteiger partial charge >= 0.3 is 11.7 Å². The highest BCUT2D eigenvalue weighted by Crippen LogP contribution is 2.33. The molecule has 0 radical (unpaired) electrons. The van der Waals surface area contributed by atoms with Crippen LogP contribution in [0.5, 0.6) is 5.75 Å². The Bertz CT molecular complexity index is 1480. The molecule has 11 heteroatoms. The Morgan fingerprint density at radius 3 is 2.46 bits per heavy atom. The number of halogens is 2. The Morgan fingerprint density at radius 1 is 1.20 bits per heavy atom. The Kier molecular flexibility index (Phi) is 7.31. The minimum absolute atomic E-state index is 0.00257. The maximum atomic E-state index is 14.4. The van der Waals surface area contributed by atoms with E-state index in [0.717, 1.165) is 6.07 Å². The quantitative estimate of drug-likeness (QED) is 0.488. The van der Waals surface area contributed by atoms with Crippen LogP contribution in [0.1, 0.15) is 37.5 Å². The van der Waals surface area contributed by atoms with Crippen LogP contribution in [-0.4, -0.2) is 39.0 Å². The minimum atomic E-state index is -4.13. The van der Waals surface area contributed by atoms with E-state index < -0.39 is 38.0 Å². The Morgan fingerprint density at radius 2 is 1.86 bits per heavy atom. The smallest absolute Gasteiger partial charge is 0.414 e. The number of aryl methyl sites for hydroxylation is 1. The SMILES string of the molecule is Cc1c(Cc2ccc(F)c(S(=O)(=O)NC(C)(C)C)c2)c(=O)oc2cc(OC(=O)N(C)C)c(Cl)cc12. The Labute approximate surface area is 207 Å². The second-order valence-corrected chi connectivity index (χ2v) is 11.4. The minimum Gasteiger partial charge on any atom is -0.422 e. The molecule has 0 fully saturated rings. The molecule has 0 aliphatic carbocycles. The van der Waals surface area contributed by atoms with Crippen LogP contribution >= 0.6 is 11.6 Å². The number of fused-ring (bicyclic) bond motifs is 1. The van der Waals surface area contributed by atoms with Crippen molar-refractivity contribution in [3.05, 3.63) is 68.3 Å². The normalized spacial score (nSPS) is 12.1. The first-order valence-electron chi connectivity index (χ1n) is 10.6. The fourth-order valence-electron chi connectivity index (χ4n) is 3.38. The van der Waals surface area contributed by atoms with Crippen molar-refractivity contribution in [3.63, 3.8) is 0 Å². The molecule has 3 rings (SSSR count). The van der Waals surface area contributed by atoms with Gasteiger partial charge in [0.15, 0.2) is 5.75 Å². The molecule has 188 valence electrons. The van der Waals surface area contributed by atoms with Crippen LogP contribution in [0.15, 0.2) is 44.4 Å². The number of amides is 1. The van der Waals surface area contributed by atoms with Crippen LogP contribution in [0.25, 0.3) is 11.0 Å². The summed E-state index contributed by atoms with van der Waals surface area (Å²) in [7, 11) is -1.11. The number of carbonyl (C=O) groups is 1. The highest BCUT2D eigenvalue weighted by molar-refractivity contribution is 7.89. The third-order valence-electron chi connectivity index (χ3n) is 5.01. The molecule has 0 bridgehead atoms. The predicted molar refractivity (Wildman–Crippen MR) is 131 cm³/mol. The van der Waals surface area contributed by atoms with E-state index in [0.29, 0.717) is 16.5 Å². The predicted octanol–water partition coefficient (Wildman–Crippen LogP) is 4.62. The number of carbonyl (C=O) groups excluding carboxylic acids is 1. The van der Waals surface area contributed by atoms with Gasteiger partial charge in [-0.05, 0) is 57.0 Å². The van der Waals surface area contributed by atoms with Gasteiger partial charge in [0.1, 0.15) is 16.3 Å². The average Bonchev–Trinajstić information content (AvgIpc) is 2.71. The lowest BCUT2D eigenvalue weighted by Crippen LogP contribution is -2.40. The van der Waals surface area contributed by atoms with Crippen molar-refractivity contribution in [2.45, 2.75) is 44.6 Å². The summed E-state index contributed by atoms with van der Waals surface area (Å²) in [5.74, 6) is -0.868. The first-order chi connectivity index (χ1) is 16.1. The highest BCUT2D eigenvalue weighted by atomic mass is 35.5. The number of hydrogen-bond donors (Lipinski definition) is 1. The number of sulfonamides is 1. The molecule has 0 aliphatic heterocycles. The van der Waals surface area contributed by atoms with Crippen LogP contribution in [0.3, 0.4) is 0 Å². The summed E-state index contributed by atoms with van der Waals surface area (Å²) < 4.78 is 52.9. The van der Waals surface area contributed by atoms with E-state index in [2.05, 4.69) is 4.72 Å². The van der Waals surface area contributed by atoms with E-state index in [4.69, 9.17) is 20.8 Å². The summed E-state index contributed by atoms with van der Waals surface area (Å²) >= 11 is 6.29. The van der Waals surface area contributed by atoms with Crippen LogP contribution in [0.4, 0.5) is 9.18 Å². The van der Waals surface area contributed by atoms with Gasteiger partial charge in [-0.2, -0.15) is 0 Å². The van der Waals surface area contributed by atoms with Gasteiger partial charge in [0.25, 0.3) is 0 Å². The van der Waals surface area contributed by atoms with Crippen molar-refractivity contribution in [1.29, 1.82) is 0 Å². The van der Waals surface area contributed by atoms with Crippen molar-refractivity contribution < 1.29 is 26.8 Å². The molecule has 8 nitrogen and oxygen atoms in total. The number of hydrogen-bond acceptors (Lipinski definition) is 6. The van der Waals surface area contributed by atoms with E-state index in [1.165, 1.54) is 43.3 Å². The fourth-order valence-corrected chi connectivity index (χ4v) is 5.13. The molecule has 1 aromatic heterocycles. The lowest BCUT2D eigenvalue weighted by atomic mass is 9.99. The summed E-state index contributed by atoms with van der Waals surface area (Å²) in [6.07, 6.45) is -0.651. The molecular weight excluding hydrogens is 499 g/mol. The van der Waals surface area contributed by atoms with E-state index in [9.17, 15) is 22.4 Å². The van der Waals surface area contributed by atoms with Crippen LogP contribution in [-0.2, 0) is 16.4 Å². The van der Waals surface area contributed by atoms with Gasteiger partial charge in [-0.3, -0.25) is 0 Å². The van der Waals surface area contributed by atoms with Crippen molar-refractivity contribution in [3.8, 4) is 5.75 Å². The van der Waals surface area contributed by atoms with Crippen LogP contribution < -0.4 is 15.1 Å². The van der Waals surface area contributed by atoms with Crippen molar-refractivity contribution in [2.24, 2.45) is 0 Å². The molecule has 2 aromatic carbocycles. The fraction of sp³-hybridized carbons (Fsp3) is 0.333. The topological polar surface area (TPSA) is 106 Å². The van der Waals surface area contributed by atoms with Crippen molar-refractivity contribution in [2.75, 3.05) is 14.1 Å². The monoisotopic (exact) mass is 524 g/mol. The van der Waals surface area contributed by atoms with Gasteiger partial charge in [0.05, 0.1) is 5.02 Å². The zero-order chi connectivity index (χ0) is 26.3. The molecule has 3 aromatic rings. The maximum absolute atomic E-state index is 14.4. The zero-order valence-corrected chi connectivity index (χ0v) is 21.7. The van der Waals surface area contributed by atoms with E-state index >= 15 is 0 Å². The summed E-state index contributed by atoms with van der Waals surface area (Å²) in [6, 6.07) is 6.53. The number of benzene rings is 2. The van der Waals surface area contributed by atoms with Gasteiger partial charge < -0.3 is 14.1 Å². The lowest BCUT2D eigenvalue weighted by molar-refractivity contribution is 0.172. The second-order valence-electron chi connectivity index (χ2n) is 9.33. The Hall–Kier alpha value is -2.95. The lowest BCUT2D eigenvalue weighted by Gasteiger charge is -2.21. The molecule has 0 aliphatic rings.